The first-order valence-corrected chi connectivity index (χ1v) is 8.11. The van der Waals surface area contributed by atoms with Gasteiger partial charge in [0.25, 0.3) is 5.91 Å². The summed E-state index contributed by atoms with van der Waals surface area (Å²) in [6.45, 7) is 4.97. The molecule has 0 saturated carbocycles. The van der Waals surface area contributed by atoms with E-state index in [1.165, 1.54) is 0 Å². The van der Waals surface area contributed by atoms with E-state index in [2.05, 4.69) is 5.32 Å². The molecule has 0 bridgehead atoms. The van der Waals surface area contributed by atoms with Crippen molar-refractivity contribution >= 4 is 11.6 Å². The van der Waals surface area contributed by atoms with Gasteiger partial charge in [-0.15, -0.1) is 0 Å². The molecular weight excluding hydrogens is 306 g/mol. The monoisotopic (exact) mass is 325 g/mol. The lowest BCUT2D eigenvalue weighted by Gasteiger charge is -2.20. The van der Waals surface area contributed by atoms with Gasteiger partial charge < -0.3 is 19.5 Å². The number of rotatable bonds is 2. The Hall–Kier alpha value is -2.69. The summed E-state index contributed by atoms with van der Waals surface area (Å²) in [4.78, 5) is 12.6. The van der Waals surface area contributed by atoms with E-state index in [1.807, 2.05) is 38.1 Å². The minimum atomic E-state index is -0.156. The fourth-order valence-corrected chi connectivity index (χ4v) is 3.13. The second kappa shape index (κ2) is 5.74. The molecule has 2 aromatic rings. The highest BCUT2D eigenvalue weighted by atomic mass is 16.6. The number of benzene rings is 2. The van der Waals surface area contributed by atoms with Gasteiger partial charge in [0, 0.05) is 17.7 Å². The highest BCUT2D eigenvalue weighted by Crippen LogP contribution is 2.34. The lowest BCUT2D eigenvalue weighted by molar-refractivity contribution is 0.102. The van der Waals surface area contributed by atoms with Crippen LogP contribution in [0, 0.1) is 6.92 Å². The molecule has 0 aliphatic carbocycles. The number of anilines is 1. The molecule has 1 unspecified atom stereocenters. The second-order valence-corrected chi connectivity index (χ2v) is 6.22. The quantitative estimate of drug-likeness (QED) is 0.920. The van der Waals surface area contributed by atoms with Crippen LogP contribution in [0.2, 0.25) is 0 Å². The Morgan fingerprint density at radius 3 is 2.62 bits per heavy atom. The average molecular weight is 325 g/mol. The minimum Gasteiger partial charge on any atom is -0.490 e. The molecule has 0 fully saturated rings. The Morgan fingerprint density at radius 2 is 1.83 bits per heavy atom. The molecule has 24 heavy (non-hydrogen) atoms. The maximum absolute atomic E-state index is 12.6. The first kappa shape index (κ1) is 14.9. The van der Waals surface area contributed by atoms with Crippen LogP contribution in [0.4, 0.5) is 5.69 Å². The van der Waals surface area contributed by atoms with Crippen LogP contribution in [-0.4, -0.2) is 25.2 Å². The molecule has 4 rings (SSSR count). The number of aryl methyl sites for hydroxylation is 1. The Bertz CT molecular complexity index is 815. The summed E-state index contributed by atoms with van der Waals surface area (Å²) >= 11 is 0. The molecule has 1 atom stereocenters. The second-order valence-electron chi connectivity index (χ2n) is 6.22. The molecule has 2 heterocycles. The molecule has 2 aromatic carbocycles. The van der Waals surface area contributed by atoms with Gasteiger partial charge >= 0.3 is 0 Å². The zero-order valence-electron chi connectivity index (χ0n) is 13.7. The smallest absolute Gasteiger partial charge is 0.256 e. The molecule has 124 valence electrons. The summed E-state index contributed by atoms with van der Waals surface area (Å²) in [5.41, 5.74) is 3.34. The molecule has 0 spiro atoms. The first-order chi connectivity index (χ1) is 11.6. The standard InChI is InChI=1S/C19H19NO4/c1-11-7-17-18(23-6-5-22-17)10-15(11)19(21)20-14-3-4-16-13(9-14)8-12(2)24-16/h3-4,7,9-10,12H,5-6,8H2,1-2H3,(H,20,21). The fraction of sp³-hybridized carbons (Fsp3) is 0.316. The summed E-state index contributed by atoms with van der Waals surface area (Å²) in [7, 11) is 0. The number of hydrogen-bond acceptors (Lipinski definition) is 4. The van der Waals surface area contributed by atoms with E-state index in [-0.39, 0.29) is 12.0 Å². The molecule has 2 aliphatic heterocycles. The van der Waals surface area contributed by atoms with Crippen molar-refractivity contribution in [3.05, 3.63) is 47.0 Å². The van der Waals surface area contributed by atoms with E-state index in [1.54, 1.807) is 6.07 Å². The van der Waals surface area contributed by atoms with Gasteiger partial charge in [0.05, 0.1) is 0 Å². The Balaban J connectivity index is 1.58. The van der Waals surface area contributed by atoms with E-state index < -0.39 is 0 Å². The molecule has 0 radical (unpaired) electrons. The van der Waals surface area contributed by atoms with Gasteiger partial charge in [0.1, 0.15) is 25.1 Å². The number of carbonyl (C=O) groups excluding carboxylic acids is 1. The average Bonchev–Trinajstić information content (AvgIpc) is 2.93. The third-order valence-electron chi connectivity index (χ3n) is 4.29. The molecule has 5 nitrogen and oxygen atoms in total. The van der Waals surface area contributed by atoms with Gasteiger partial charge in [-0.2, -0.15) is 0 Å². The minimum absolute atomic E-state index is 0.156. The van der Waals surface area contributed by atoms with Crippen molar-refractivity contribution in [3.8, 4) is 17.2 Å². The van der Waals surface area contributed by atoms with Crippen molar-refractivity contribution in [2.24, 2.45) is 0 Å². The van der Waals surface area contributed by atoms with Crippen molar-refractivity contribution in [2.75, 3.05) is 18.5 Å². The number of hydrogen-bond donors (Lipinski definition) is 1. The van der Waals surface area contributed by atoms with Crippen LogP contribution in [0.5, 0.6) is 17.2 Å². The van der Waals surface area contributed by atoms with Crippen LogP contribution >= 0.6 is 0 Å². The Labute approximate surface area is 140 Å². The van der Waals surface area contributed by atoms with Crippen molar-refractivity contribution in [3.63, 3.8) is 0 Å². The first-order valence-electron chi connectivity index (χ1n) is 8.11. The molecule has 0 saturated heterocycles. The van der Waals surface area contributed by atoms with Crippen LogP contribution in [0.1, 0.15) is 28.4 Å². The Morgan fingerprint density at radius 1 is 1.08 bits per heavy atom. The van der Waals surface area contributed by atoms with E-state index in [0.29, 0.717) is 30.3 Å². The summed E-state index contributed by atoms with van der Waals surface area (Å²) in [6.07, 6.45) is 1.05. The third-order valence-corrected chi connectivity index (χ3v) is 4.29. The van der Waals surface area contributed by atoms with Crippen LogP contribution in [0.3, 0.4) is 0 Å². The molecule has 1 N–H and O–H groups in total. The van der Waals surface area contributed by atoms with Crippen molar-refractivity contribution in [1.82, 2.24) is 0 Å². The van der Waals surface area contributed by atoms with Crippen molar-refractivity contribution in [2.45, 2.75) is 26.4 Å². The SMILES string of the molecule is Cc1cc2c(cc1C(=O)Nc1ccc3c(c1)CC(C)O3)OCCO2. The van der Waals surface area contributed by atoms with Crippen LogP contribution in [-0.2, 0) is 6.42 Å². The molecule has 1 amide bonds. The molecule has 0 aromatic heterocycles. The van der Waals surface area contributed by atoms with E-state index in [9.17, 15) is 4.79 Å². The summed E-state index contributed by atoms with van der Waals surface area (Å²) in [6, 6.07) is 9.34. The van der Waals surface area contributed by atoms with Crippen LogP contribution in [0.25, 0.3) is 0 Å². The van der Waals surface area contributed by atoms with Gasteiger partial charge in [0.2, 0.25) is 0 Å². The van der Waals surface area contributed by atoms with Crippen molar-refractivity contribution in [1.29, 1.82) is 0 Å². The number of carbonyl (C=O) groups is 1. The third kappa shape index (κ3) is 2.66. The largest absolute Gasteiger partial charge is 0.490 e. The zero-order valence-corrected chi connectivity index (χ0v) is 13.7. The van der Waals surface area contributed by atoms with Crippen molar-refractivity contribution < 1.29 is 19.0 Å². The number of ether oxygens (including phenoxy) is 3. The maximum atomic E-state index is 12.6. The molecular formula is C19H19NO4. The predicted octanol–water partition coefficient (Wildman–Crippen LogP) is 3.34. The zero-order chi connectivity index (χ0) is 16.7. The van der Waals surface area contributed by atoms with Gasteiger partial charge in [-0.05, 0) is 55.3 Å². The van der Waals surface area contributed by atoms with Gasteiger partial charge in [-0.1, -0.05) is 0 Å². The summed E-state index contributed by atoms with van der Waals surface area (Å²) < 4.78 is 16.8. The molecule has 2 aliphatic rings. The number of fused-ring (bicyclic) bond motifs is 2. The van der Waals surface area contributed by atoms with Gasteiger partial charge in [0.15, 0.2) is 11.5 Å². The summed E-state index contributed by atoms with van der Waals surface area (Å²) in [5, 5.41) is 2.96. The lowest BCUT2D eigenvalue weighted by atomic mass is 10.1. The highest BCUT2D eigenvalue weighted by Gasteiger charge is 2.21. The topological polar surface area (TPSA) is 56.8 Å². The highest BCUT2D eigenvalue weighted by molar-refractivity contribution is 6.05. The fourth-order valence-electron chi connectivity index (χ4n) is 3.13. The van der Waals surface area contributed by atoms with Gasteiger partial charge in [-0.3, -0.25) is 4.79 Å². The van der Waals surface area contributed by atoms with E-state index in [0.717, 1.165) is 29.0 Å². The number of nitrogens with one attached hydrogen (secondary N) is 1. The number of amides is 1. The Kier molecular flexibility index (Phi) is 3.56. The van der Waals surface area contributed by atoms with E-state index >= 15 is 0 Å². The van der Waals surface area contributed by atoms with Crippen LogP contribution < -0.4 is 19.5 Å². The van der Waals surface area contributed by atoms with Crippen LogP contribution in [0.15, 0.2) is 30.3 Å². The molecule has 5 heteroatoms. The lowest BCUT2D eigenvalue weighted by Crippen LogP contribution is -2.18. The van der Waals surface area contributed by atoms with E-state index in [4.69, 9.17) is 14.2 Å². The predicted molar refractivity (Wildman–Crippen MR) is 90.4 cm³/mol. The van der Waals surface area contributed by atoms with Gasteiger partial charge in [-0.25, -0.2) is 0 Å². The maximum Gasteiger partial charge on any atom is 0.256 e. The summed E-state index contributed by atoms with van der Waals surface area (Å²) in [5.74, 6) is 2.06. The normalized spacial score (nSPS) is 17.8.